The lowest BCUT2D eigenvalue weighted by Crippen LogP contribution is -2.40. The lowest BCUT2D eigenvalue weighted by molar-refractivity contribution is -0.137. The van der Waals surface area contributed by atoms with E-state index < -0.39 is 0 Å². The van der Waals surface area contributed by atoms with Crippen LogP contribution in [-0.2, 0) is 19.2 Å². The van der Waals surface area contributed by atoms with E-state index in [2.05, 4.69) is 10.6 Å². The predicted molar refractivity (Wildman–Crippen MR) is 61.0 cm³/mol. The van der Waals surface area contributed by atoms with Crippen LogP contribution in [0.1, 0.15) is 38.5 Å². The molecule has 0 aromatic carbocycles. The van der Waals surface area contributed by atoms with Crippen LogP contribution in [0.4, 0.5) is 0 Å². The molecule has 2 heterocycles. The molecule has 98 valence electrons. The van der Waals surface area contributed by atoms with Crippen molar-refractivity contribution >= 4 is 23.6 Å². The van der Waals surface area contributed by atoms with E-state index in [1.807, 2.05) is 0 Å². The molecule has 2 fully saturated rings. The second-order valence-electron chi connectivity index (χ2n) is 5.07. The van der Waals surface area contributed by atoms with E-state index in [0.717, 1.165) is 0 Å². The van der Waals surface area contributed by atoms with Crippen LogP contribution in [0, 0.1) is 11.8 Å². The fourth-order valence-corrected chi connectivity index (χ4v) is 2.59. The molecule has 6 heteroatoms. The van der Waals surface area contributed by atoms with Crippen molar-refractivity contribution in [2.45, 2.75) is 38.5 Å². The van der Waals surface area contributed by atoms with Gasteiger partial charge in [0, 0.05) is 25.7 Å². The molecule has 2 aliphatic heterocycles. The molecular formula is C12H16N2O4. The summed E-state index contributed by atoms with van der Waals surface area (Å²) in [5, 5.41) is 4.53. The molecule has 0 atom stereocenters. The molecular weight excluding hydrogens is 236 g/mol. The maximum absolute atomic E-state index is 11.2. The molecule has 4 amide bonds. The van der Waals surface area contributed by atoms with Gasteiger partial charge in [-0.2, -0.15) is 0 Å². The number of carbonyl (C=O) groups excluding carboxylic acids is 4. The van der Waals surface area contributed by atoms with Crippen LogP contribution >= 0.6 is 0 Å². The van der Waals surface area contributed by atoms with Crippen molar-refractivity contribution in [1.82, 2.24) is 10.6 Å². The molecule has 0 bridgehead atoms. The van der Waals surface area contributed by atoms with E-state index in [0.29, 0.717) is 38.5 Å². The van der Waals surface area contributed by atoms with Gasteiger partial charge < -0.3 is 0 Å². The average Bonchev–Trinajstić information content (AvgIpc) is 2.23. The number of hydrogen-bond acceptors (Lipinski definition) is 4. The lowest BCUT2D eigenvalue weighted by atomic mass is 9.85. The van der Waals surface area contributed by atoms with Gasteiger partial charge in [0.05, 0.1) is 0 Å². The monoisotopic (exact) mass is 252 g/mol. The number of nitrogens with one attached hydrogen (secondary N) is 2. The summed E-state index contributed by atoms with van der Waals surface area (Å²) in [5.74, 6) is -0.817. The first-order valence-corrected chi connectivity index (χ1v) is 6.18. The van der Waals surface area contributed by atoms with Crippen LogP contribution in [0.2, 0.25) is 0 Å². The molecule has 2 rings (SSSR count). The third-order valence-corrected chi connectivity index (χ3v) is 3.44. The largest absolute Gasteiger partial charge is 0.296 e. The van der Waals surface area contributed by atoms with Crippen molar-refractivity contribution in [2.75, 3.05) is 0 Å². The summed E-state index contributed by atoms with van der Waals surface area (Å²) < 4.78 is 0. The van der Waals surface area contributed by atoms with Crippen molar-refractivity contribution in [3.05, 3.63) is 0 Å². The summed E-state index contributed by atoms with van der Waals surface area (Å²) in [4.78, 5) is 44.8. The Labute approximate surface area is 104 Å². The Morgan fingerprint density at radius 1 is 0.667 bits per heavy atom. The number of amides is 4. The topological polar surface area (TPSA) is 92.3 Å². The van der Waals surface area contributed by atoms with E-state index in [1.165, 1.54) is 0 Å². The van der Waals surface area contributed by atoms with Crippen LogP contribution in [0.25, 0.3) is 0 Å². The molecule has 2 saturated heterocycles. The van der Waals surface area contributed by atoms with Gasteiger partial charge >= 0.3 is 0 Å². The maximum Gasteiger partial charge on any atom is 0.226 e. The minimum atomic E-state index is -0.228. The number of imide groups is 2. The average molecular weight is 252 g/mol. The molecule has 0 aliphatic carbocycles. The van der Waals surface area contributed by atoms with Gasteiger partial charge in [0.15, 0.2) is 0 Å². The number of piperidine rings is 2. The summed E-state index contributed by atoms with van der Waals surface area (Å²) in [6.45, 7) is 0. The quantitative estimate of drug-likeness (QED) is 0.684. The standard InChI is InChI=1S/C12H16N2O4/c15-9-3-7(4-10(16)13-9)1-2-8-5-11(17)14-12(18)6-8/h7-8H,1-6H2,(H,13,15,16)(H,14,17,18). The SMILES string of the molecule is O=C1CC(CCC2CC(=O)NC(=O)C2)CC(=O)N1. The Bertz CT molecular complexity index is 335. The van der Waals surface area contributed by atoms with Gasteiger partial charge in [0.25, 0.3) is 0 Å². The Morgan fingerprint density at radius 3 is 1.22 bits per heavy atom. The lowest BCUT2D eigenvalue weighted by Gasteiger charge is -2.25. The third kappa shape index (κ3) is 3.38. The molecule has 0 unspecified atom stereocenters. The fourth-order valence-electron chi connectivity index (χ4n) is 2.59. The summed E-state index contributed by atoms with van der Waals surface area (Å²) in [5.41, 5.74) is 0. The zero-order valence-electron chi connectivity index (χ0n) is 10.0. The normalized spacial score (nSPS) is 22.9. The maximum atomic E-state index is 11.2. The van der Waals surface area contributed by atoms with Gasteiger partial charge in [-0.15, -0.1) is 0 Å². The number of rotatable bonds is 3. The van der Waals surface area contributed by atoms with E-state index >= 15 is 0 Å². The van der Waals surface area contributed by atoms with Gasteiger partial charge in [-0.05, 0) is 24.7 Å². The number of carbonyl (C=O) groups is 4. The summed E-state index contributed by atoms with van der Waals surface area (Å²) >= 11 is 0. The molecule has 0 radical (unpaired) electrons. The Morgan fingerprint density at radius 2 is 0.944 bits per heavy atom. The first-order valence-electron chi connectivity index (χ1n) is 6.18. The van der Waals surface area contributed by atoms with E-state index in [-0.39, 0.29) is 35.5 Å². The molecule has 0 saturated carbocycles. The smallest absolute Gasteiger partial charge is 0.226 e. The molecule has 0 aromatic rings. The van der Waals surface area contributed by atoms with E-state index in [9.17, 15) is 19.2 Å². The third-order valence-electron chi connectivity index (χ3n) is 3.44. The minimum absolute atomic E-state index is 0.0475. The second-order valence-corrected chi connectivity index (χ2v) is 5.07. The molecule has 2 N–H and O–H groups in total. The fraction of sp³-hybridized carbons (Fsp3) is 0.667. The summed E-state index contributed by atoms with van der Waals surface area (Å²) in [7, 11) is 0. The molecule has 0 spiro atoms. The van der Waals surface area contributed by atoms with Gasteiger partial charge in [0.1, 0.15) is 0 Å². The van der Waals surface area contributed by atoms with Gasteiger partial charge in [-0.25, -0.2) is 0 Å². The molecule has 2 aliphatic rings. The van der Waals surface area contributed by atoms with Gasteiger partial charge in [0.2, 0.25) is 23.6 Å². The van der Waals surface area contributed by atoms with Crippen LogP contribution in [0.15, 0.2) is 0 Å². The van der Waals surface area contributed by atoms with Gasteiger partial charge in [-0.3, -0.25) is 29.8 Å². The predicted octanol–water partition coefficient (Wildman–Crippen LogP) is -0.128. The van der Waals surface area contributed by atoms with Gasteiger partial charge in [-0.1, -0.05) is 0 Å². The Kier molecular flexibility index (Phi) is 3.74. The first-order chi connectivity index (χ1) is 8.52. The highest BCUT2D eigenvalue weighted by atomic mass is 16.2. The number of hydrogen-bond donors (Lipinski definition) is 2. The zero-order chi connectivity index (χ0) is 13.1. The van der Waals surface area contributed by atoms with Crippen molar-refractivity contribution in [2.24, 2.45) is 11.8 Å². The second kappa shape index (κ2) is 5.29. The summed E-state index contributed by atoms with van der Waals surface area (Å²) in [6, 6.07) is 0. The van der Waals surface area contributed by atoms with Crippen molar-refractivity contribution < 1.29 is 19.2 Å². The highest BCUT2D eigenvalue weighted by molar-refractivity contribution is 5.98. The van der Waals surface area contributed by atoms with E-state index in [4.69, 9.17) is 0 Å². The Balaban J connectivity index is 1.80. The van der Waals surface area contributed by atoms with Crippen LogP contribution in [0.3, 0.4) is 0 Å². The van der Waals surface area contributed by atoms with Crippen LogP contribution in [-0.4, -0.2) is 23.6 Å². The molecule has 0 aromatic heterocycles. The molecule has 6 nitrogen and oxygen atoms in total. The van der Waals surface area contributed by atoms with Crippen LogP contribution < -0.4 is 10.6 Å². The highest BCUT2D eigenvalue weighted by Gasteiger charge is 2.28. The first kappa shape index (κ1) is 12.7. The van der Waals surface area contributed by atoms with Crippen molar-refractivity contribution in [3.8, 4) is 0 Å². The molecule has 18 heavy (non-hydrogen) atoms. The Hall–Kier alpha value is -1.72. The van der Waals surface area contributed by atoms with Crippen LogP contribution in [0.5, 0.6) is 0 Å². The zero-order valence-corrected chi connectivity index (χ0v) is 10.0. The summed E-state index contributed by atoms with van der Waals surface area (Å²) in [6.07, 6.45) is 2.86. The highest BCUT2D eigenvalue weighted by Crippen LogP contribution is 2.26. The van der Waals surface area contributed by atoms with Crippen molar-refractivity contribution in [3.63, 3.8) is 0 Å². The van der Waals surface area contributed by atoms with Crippen molar-refractivity contribution in [1.29, 1.82) is 0 Å². The van der Waals surface area contributed by atoms with E-state index in [1.54, 1.807) is 0 Å². The minimum Gasteiger partial charge on any atom is -0.296 e.